The second-order valence-corrected chi connectivity index (χ2v) is 11.4. The van der Waals surface area contributed by atoms with Crippen molar-refractivity contribution in [2.24, 2.45) is 0 Å². The van der Waals surface area contributed by atoms with Gasteiger partial charge in [0, 0.05) is 16.3 Å². The number of furan rings is 1. The Kier molecular flexibility index (Phi) is 3.72. The van der Waals surface area contributed by atoms with E-state index in [-0.39, 0.29) is 53.4 Å². The Labute approximate surface area is 271 Å². The molecule has 1 aromatic heterocycles. The third-order valence-electron chi connectivity index (χ3n) is 9.09. The van der Waals surface area contributed by atoms with Crippen molar-refractivity contribution in [3.63, 3.8) is 0 Å². The Morgan fingerprint density at radius 2 is 1.11 bits per heavy atom. The molecule has 0 amide bonds. The summed E-state index contributed by atoms with van der Waals surface area (Å²) in [7, 11) is 0. The van der Waals surface area contributed by atoms with Crippen LogP contribution in [0.5, 0.6) is 0 Å². The smallest absolute Gasteiger partial charge is 0.143 e. The van der Waals surface area contributed by atoms with Crippen molar-refractivity contribution in [3.8, 4) is 33.4 Å². The lowest BCUT2D eigenvalue weighted by molar-refractivity contribution is 0.670. The third-order valence-corrected chi connectivity index (χ3v) is 9.09. The molecule has 0 unspecified atom stereocenters. The SMILES string of the molecule is [2H]c1c([2H])c([2H])c(-c2ccc3ccc4c(-c5c([2H])c([2H])c([2H])c6oc7c(-c8ccc9ccccc9c8)cccc7c56)ccc5ccc2c3c54)c([2H])c1[2H]. The van der Waals surface area contributed by atoms with E-state index < -0.39 is 6.04 Å². The first-order chi connectivity index (χ1) is 25.6. The Morgan fingerprint density at radius 1 is 0.400 bits per heavy atom. The van der Waals surface area contributed by atoms with Crippen LogP contribution in [0.25, 0.3) is 98.4 Å². The van der Waals surface area contributed by atoms with E-state index in [1.807, 2.05) is 78.9 Å². The Bertz CT molecular complexity index is 3190. The van der Waals surface area contributed by atoms with Gasteiger partial charge in [0.15, 0.2) is 0 Å². The quantitative estimate of drug-likeness (QED) is 0.190. The standard InChI is InChI=1S/C44H26O/c1-2-9-28(10-3-1)33-22-18-29-21-25-38-35(23-19-30-20-24-37(33)41(29)42(30)38)36-13-7-15-40-43(36)39-14-6-12-34(44(39)45-40)32-17-16-27-8-4-5-11-31(27)26-32/h1-26H/i1D,2D,3D,7D,9D,10D,13D,15D. The molecule has 0 atom stereocenters. The van der Waals surface area contributed by atoms with Crippen molar-refractivity contribution in [1.29, 1.82) is 0 Å². The molecule has 0 aliphatic carbocycles. The maximum Gasteiger partial charge on any atom is 0.143 e. The third kappa shape index (κ3) is 3.56. The van der Waals surface area contributed by atoms with E-state index in [9.17, 15) is 1.37 Å². The molecule has 1 heteroatoms. The van der Waals surface area contributed by atoms with Crippen molar-refractivity contribution in [2.75, 3.05) is 0 Å². The molecule has 10 aromatic rings. The summed E-state index contributed by atoms with van der Waals surface area (Å²) in [5.41, 5.74) is 4.52. The molecular weight excluding hydrogens is 544 g/mol. The summed E-state index contributed by atoms with van der Waals surface area (Å²) in [6.45, 7) is 0. The van der Waals surface area contributed by atoms with Crippen molar-refractivity contribution >= 4 is 65.0 Å². The summed E-state index contributed by atoms with van der Waals surface area (Å²) < 4.78 is 75.9. The molecule has 0 saturated carbocycles. The van der Waals surface area contributed by atoms with Crippen molar-refractivity contribution in [3.05, 3.63) is 158 Å². The molecule has 1 heterocycles. The Morgan fingerprint density at radius 3 is 1.93 bits per heavy atom. The van der Waals surface area contributed by atoms with Gasteiger partial charge in [0.1, 0.15) is 11.2 Å². The monoisotopic (exact) mass is 578 g/mol. The van der Waals surface area contributed by atoms with Crippen molar-refractivity contribution < 1.29 is 15.4 Å². The van der Waals surface area contributed by atoms with E-state index in [0.717, 1.165) is 59.6 Å². The maximum atomic E-state index is 9.32. The molecule has 0 spiro atoms. The minimum Gasteiger partial charge on any atom is -0.455 e. The first-order valence-electron chi connectivity index (χ1n) is 18.9. The number of benzene rings is 9. The van der Waals surface area contributed by atoms with Crippen LogP contribution in [0.4, 0.5) is 0 Å². The zero-order valence-corrected chi connectivity index (χ0v) is 23.8. The molecule has 10 rings (SSSR count). The first-order valence-corrected chi connectivity index (χ1v) is 14.9. The van der Waals surface area contributed by atoms with Gasteiger partial charge in [-0.15, -0.1) is 0 Å². The lowest BCUT2D eigenvalue weighted by Gasteiger charge is -2.17. The van der Waals surface area contributed by atoms with Gasteiger partial charge in [-0.3, -0.25) is 0 Å². The van der Waals surface area contributed by atoms with Gasteiger partial charge < -0.3 is 4.42 Å². The highest BCUT2D eigenvalue weighted by molar-refractivity contribution is 6.29. The number of fused-ring (bicyclic) bond motifs is 4. The molecule has 208 valence electrons. The highest BCUT2D eigenvalue weighted by atomic mass is 16.3. The van der Waals surface area contributed by atoms with Crippen LogP contribution >= 0.6 is 0 Å². The summed E-state index contributed by atoms with van der Waals surface area (Å²) in [4.78, 5) is 0. The second kappa shape index (κ2) is 9.29. The maximum absolute atomic E-state index is 9.32. The molecule has 0 radical (unpaired) electrons. The van der Waals surface area contributed by atoms with Crippen LogP contribution in [0, 0.1) is 0 Å². The molecule has 0 N–H and O–H groups in total. The topological polar surface area (TPSA) is 13.1 Å². The molecule has 0 aliphatic heterocycles. The van der Waals surface area contributed by atoms with Crippen molar-refractivity contribution in [2.45, 2.75) is 0 Å². The summed E-state index contributed by atoms with van der Waals surface area (Å²) in [5.74, 6) is 0. The van der Waals surface area contributed by atoms with Crippen LogP contribution in [0.1, 0.15) is 11.0 Å². The summed E-state index contributed by atoms with van der Waals surface area (Å²) in [6, 6.07) is 33.7. The van der Waals surface area contributed by atoms with E-state index >= 15 is 0 Å². The molecule has 1 nitrogen and oxygen atoms in total. The summed E-state index contributed by atoms with van der Waals surface area (Å²) >= 11 is 0. The normalized spacial score (nSPS) is 14.5. The van der Waals surface area contributed by atoms with Gasteiger partial charge in [-0.2, -0.15) is 0 Å². The minimum atomic E-state index is -0.438. The highest BCUT2D eigenvalue weighted by Gasteiger charge is 2.19. The average Bonchev–Trinajstić information content (AvgIpc) is 3.58. The van der Waals surface area contributed by atoms with E-state index in [0.29, 0.717) is 27.7 Å². The van der Waals surface area contributed by atoms with Crippen LogP contribution in [0.15, 0.2) is 162 Å². The number of hydrogen-bond donors (Lipinski definition) is 0. The van der Waals surface area contributed by atoms with Gasteiger partial charge in [-0.25, -0.2) is 0 Å². The minimum absolute atomic E-state index is 0.0730. The van der Waals surface area contributed by atoms with Crippen LogP contribution in [0.2, 0.25) is 0 Å². The molecule has 0 bridgehead atoms. The van der Waals surface area contributed by atoms with E-state index in [2.05, 4.69) is 30.3 Å². The van der Waals surface area contributed by atoms with Crippen LogP contribution in [-0.2, 0) is 0 Å². The molecule has 0 saturated heterocycles. The zero-order chi connectivity index (χ0) is 36.4. The van der Waals surface area contributed by atoms with Gasteiger partial charge in [0.2, 0.25) is 0 Å². The highest BCUT2D eigenvalue weighted by Crippen LogP contribution is 2.46. The number of hydrogen-bond acceptors (Lipinski definition) is 1. The molecular formula is C44H26O. The largest absolute Gasteiger partial charge is 0.455 e. The van der Waals surface area contributed by atoms with Gasteiger partial charge in [-0.1, -0.05) is 145 Å². The van der Waals surface area contributed by atoms with Gasteiger partial charge in [-0.05, 0) is 83.0 Å². The molecule has 45 heavy (non-hydrogen) atoms. The Balaban J connectivity index is 1.28. The fraction of sp³-hybridized carbons (Fsp3) is 0. The average molecular weight is 579 g/mol. The zero-order valence-electron chi connectivity index (χ0n) is 31.8. The predicted octanol–water partition coefficient (Wildman–Crippen LogP) is 12.6. The van der Waals surface area contributed by atoms with E-state index in [1.54, 1.807) is 0 Å². The molecule has 9 aromatic carbocycles. The van der Waals surface area contributed by atoms with Crippen molar-refractivity contribution in [1.82, 2.24) is 0 Å². The van der Waals surface area contributed by atoms with E-state index in [1.165, 1.54) is 0 Å². The van der Waals surface area contributed by atoms with Crippen LogP contribution < -0.4 is 0 Å². The van der Waals surface area contributed by atoms with Crippen LogP contribution in [-0.4, -0.2) is 0 Å². The number of rotatable bonds is 3. The van der Waals surface area contributed by atoms with E-state index in [4.69, 9.17) is 14.0 Å². The summed E-state index contributed by atoms with van der Waals surface area (Å²) in [6.07, 6.45) is 0. The fourth-order valence-corrected chi connectivity index (χ4v) is 7.08. The van der Waals surface area contributed by atoms with Gasteiger partial charge in [0.05, 0.1) is 11.0 Å². The lowest BCUT2D eigenvalue weighted by atomic mass is 9.86. The second-order valence-electron chi connectivity index (χ2n) is 11.4. The molecule has 0 aliphatic rings. The Hall–Kier alpha value is -5.92. The van der Waals surface area contributed by atoms with Gasteiger partial charge in [0.25, 0.3) is 0 Å². The number of para-hydroxylation sites is 1. The van der Waals surface area contributed by atoms with Gasteiger partial charge >= 0.3 is 0 Å². The van der Waals surface area contributed by atoms with Crippen LogP contribution in [0.3, 0.4) is 0 Å². The molecule has 0 fully saturated rings. The lowest BCUT2D eigenvalue weighted by Crippen LogP contribution is -1.89. The predicted molar refractivity (Wildman–Crippen MR) is 191 cm³/mol. The fourth-order valence-electron chi connectivity index (χ4n) is 7.08. The summed E-state index contributed by atoms with van der Waals surface area (Å²) in [5, 5.41) is 8.73. The first kappa shape index (κ1) is 18.0.